The molecular formula is C79H105ClF4N24O12. The van der Waals surface area contributed by atoms with Gasteiger partial charge in [0, 0.05) is 54.5 Å². The predicted molar refractivity (Wildman–Crippen MR) is 438 cm³/mol. The summed E-state index contributed by atoms with van der Waals surface area (Å²) < 4.78 is 93.7. The fourth-order valence-corrected chi connectivity index (χ4v) is 13.2. The Morgan fingerprint density at radius 3 is 1.01 bits per heavy atom. The topological polar surface area (TPSA) is 541 Å². The Bertz CT molecular complexity index is 4900. The highest BCUT2D eigenvalue weighted by atomic mass is 35.5. The number of halogens is 5. The number of nitrogens with zero attached hydrogens (tertiary/aromatic N) is 10. The molecule has 41 heteroatoms. The Kier molecular flexibility index (Phi) is 32.8. The van der Waals surface area contributed by atoms with Gasteiger partial charge in [0.05, 0.1) is 63.2 Å². The zero-order valence-electron chi connectivity index (χ0n) is 69.1. The first-order chi connectivity index (χ1) is 56.6. The van der Waals surface area contributed by atoms with Crippen LogP contribution in [0.3, 0.4) is 0 Å². The molecule has 8 aromatic rings. The van der Waals surface area contributed by atoms with Gasteiger partial charge in [-0.05, 0) is 166 Å². The number of rotatable bonds is 19. The van der Waals surface area contributed by atoms with Crippen LogP contribution < -0.4 is 76.1 Å². The Labute approximate surface area is 695 Å². The molecule has 36 nitrogen and oxygen atoms in total. The number of nitriles is 2. The van der Waals surface area contributed by atoms with E-state index in [1.807, 2.05) is 13.0 Å². The van der Waals surface area contributed by atoms with Crippen LogP contribution in [0.25, 0.3) is 0 Å². The van der Waals surface area contributed by atoms with Crippen molar-refractivity contribution >= 4 is 106 Å². The van der Waals surface area contributed by atoms with Gasteiger partial charge >= 0.3 is 18.3 Å². The molecule has 0 spiro atoms. The van der Waals surface area contributed by atoms with Crippen LogP contribution in [0.2, 0.25) is 5.15 Å². The first kappa shape index (κ1) is 93.0. The lowest BCUT2D eigenvalue weighted by molar-refractivity contribution is 0.0477. The summed E-state index contributed by atoms with van der Waals surface area (Å²) in [6, 6.07) is 12.9. The highest BCUT2D eigenvalue weighted by molar-refractivity contribution is 6.30. The Hall–Kier alpha value is -12.5. The van der Waals surface area contributed by atoms with Crippen LogP contribution in [0.1, 0.15) is 220 Å². The SMILES string of the molecule is CC(C)(C)OC(=O)N[C@H]1CCCC[C@H]1Nc1nc(Cl)c(C#N)cc1F.Cc1cc(N)on1.Cc1cc(Nc2nc(N[C@@H]3CCCC[C@@H]3N)c(F)cc2C(N)=O)on1.Cc1cc(Nc2nc(N[C@@H]3CCCC[C@@H]3NC(=O)OC(C)(C)C)c(F)cc2C#N)on1.Cc1cc(Nc2nc(N[C@@H]3CCCC[C@@H]3NC(=O)OC(C)(C)C)c(F)cc2C(N)=O)on1. The standard InChI is InChI=1S/C21H29FN6O4.C21H27FN6O3.C17H22ClFN4O2.C16H21FN6O2.C4H6N2O/c1-11-9-16(32-28-11)26-18-12(17(23)29)10-13(22)19(27-18)24-14-7-5-6-8-15(14)25-20(30)31-21(2,3)4;1-12-9-17(31-28-12)26-18-13(11-23)10-14(22)19(27-18)24-15-7-5-6-8-16(15)25-20(29)30-21(2,3)4;1-17(2,3)25-16(24)22-13-7-5-4-6-12(13)21-15-11(19)8-10(9-20)14(18)23-15;1-8-6-13(25-23-8)21-15-9(14(19)24)7-10(17)16(22-15)20-12-5-3-2-4-11(12)18;1-3-2-4(5)7-6-3/h9-10,14-15H,5-8H2,1-4H3,(H2,23,29)(H,25,30)(H2,24,26,27);9-10,15-16H,5-8H2,1-4H3,(H,25,29)(H2,24,26,27);8,12-13H,4-7H2,1-3H3,(H,21,23)(H,22,24);6-7,11-12H,2-5,18H2,1H3,(H2,19,24)(H2,20,21,22);2H,5H2,1H3/t14-,15+;15-,16+;12-,13+;11-,12+;/m1110./s1. The van der Waals surface area contributed by atoms with Crippen molar-refractivity contribution in [1.29, 1.82) is 10.5 Å². The Morgan fingerprint density at radius 2 is 0.708 bits per heavy atom. The molecule has 4 aliphatic carbocycles. The number of aromatic nitrogens is 8. The second kappa shape index (κ2) is 42.3. The van der Waals surface area contributed by atoms with Crippen molar-refractivity contribution in [2.45, 2.75) is 258 Å². The Balaban J connectivity index is 0.000000194. The molecule has 8 atom stereocenters. The minimum atomic E-state index is -0.844. The smallest absolute Gasteiger partial charge is 0.407 e. The van der Waals surface area contributed by atoms with E-state index < -0.39 is 70.2 Å². The molecule has 0 unspecified atom stereocenters. The van der Waals surface area contributed by atoms with E-state index in [4.69, 9.17) is 67.6 Å². The van der Waals surface area contributed by atoms with Gasteiger partial charge in [-0.2, -0.15) is 10.5 Å². The quantitative estimate of drug-likeness (QED) is 0.0203. The molecule has 12 rings (SSSR count). The number of primary amides is 2. The number of ether oxygens (including phenoxy) is 3. The summed E-state index contributed by atoms with van der Waals surface area (Å²) in [5.41, 5.74) is 22.7. The molecule has 5 amide bonds. The third-order valence-electron chi connectivity index (χ3n) is 18.4. The molecule has 0 bridgehead atoms. The number of hydrogen-bond acceptors (Lipinski definition) is 31. The van der Waals surface area contributed by atoms with Crippen molar-refractivity contribution in [2.75, 3.05) is 43.0 Å². The lowest BCUT2D eigenvalue weighted by Gasteiger charge is -2.33. The van der Waals surface area contributed by atoms with Crippen molar-refractivity contribution in [1.82, 2.24) is 56.5 Å². The number of hydrogen-bond donors (Lipinski definition) is 14. The van der Waals surface area contributed by atoms with Gasteiger partial charge < -0.3 is 108 Å². The zero-order valence-corrected chi connectivity index (χ0v) is 69.9. The lowest BCUT2D eigenvalue weighted by atomic mass is 9.90. The van der Waals surface area contributed by atoms with Gasteiger partial charge in [-0.25, -0.2) is 51.9 Å². The molecule has 4 aliphatic rings. The van der Waals surface area contributed by atoms with E-state index in [0.29, 0.717) is 41.7 Å². The normalized spacial score (nSPS) is 18.8. The van der Waals surface area contributed by atoms with Crippen LogP contribution >= 0.6 is 11.6 Å². The Morgan fingerprint density at radius 1 is 0.417 bits per heavy atom. The fourth-order valence-electron chi connectivity index (χ4n) is 13.0. The molecule has 8 aromatic heterocycles. The minimum Gasteiger partial charge on any atom is -0.444 e. The van der Waals surface area contributed by atoms with Crippen LogP contribution in [-0.4, -0.2) is 136 Å². The number of pyridine rings is 4. The average Bonchev–Trinajstić information content (AvgIpc) is 0.952. The van der Waals surface area contributed by atoms with E-state index in [2.05, 4.69) is 98.3 Å². The molecule has 4 fully saturated rings. The number of carbonyl (C=O) groups is 5. The molecule has 18 N–H and O–H groups in total. The number of nitrogen functional groups attached to an aromatic ring is 1. The fraction of sp³-hybridized carbons (Fsp3) is 0.506. The molecular weight excluding hydrogens is 1590 g/mol. The maximum Gasteiger partial charge on any atom is 0.407 e. The van der Waals surface area contributed by atoms with Gasteiger partial charge in [-0.15, -0.1) is 0 Å². The summed E-state index contributed by atoms with van der Waals surface area (Å²) in [7, 11) is 0. The summed E-state index contributed by atoms with van der Waals surface area (Å²) in [6.07, 6.45) is 12.3. The first-order valence-corrected chi connectivity index (χ1v) is 39.4. The molecule has 8 heterocycles. The summed E-state index contributed by atoms with van der Waals surface area (Å²) >= 11 is 5.88. The van der Waals surface area contributed by atoms with Gasteiger partial charge in [-0.3, -0.25) is 9.59 Å². The van der Waals surface area contributed by atoms with Crippen molar-refractivity contribution in [3.05, 3.63) is 122 Å². The number of nitrogens with two attached hydrogens (primary N) is 4. The molecule has 120 heavy (non-hydrogen) atoms. The summed E-state index contributed by atoms with van der Waals surface area (Å²) in [5, 5.41) is 62.2. The first-order valence-electron chi connectivity index (χ1n) is 39.1. The highest BCUT2D eigenvalue weighted by Gasteiger charge is 2.35. The number of aryl methyl sites for hydroxylation is 4. The average molecular weight is 1690 g/mol. The highest BCUT2D eigenvalue weighted by Crippen LogP contribution is 2.34. The maximum atomic E-state index is 14.8. The second-order valence-electron chi connectivity index (χ2n) is 32.1. The molecule has 0 saturated heterocycles. The van der Waals surface area contributed by atoms with Crippen molar-refractivity contribution in [3.63, 3.8) is 0 Å². The number of anilines is 11. The summed E-state index contributed by atoms with van der Waals surface area (Å²) in [5.74, 6) is -2.98. The van der Waals surface area contributed by atoms with Crippen molar-refractivity contribution in [3.8, 4) is 12.1 Å². The van der Waals surface area contributed by atoms with Crippen molar-refractivity contribution < 1.29 is 73.8 Å². The van der Waals surface area contributed by atoms with Crippen LogP contribution in [0, 0.1) is 73.6 Å². The second-order valence-corrected chi connectivity index (χ2v) is 32.4. The van der Waals surface area contributed by atoms with Crippen LogP contribution in [0.5, 0.6) is 0 Å². The van der Waals surface area contributed by atoms with E-state index in [0.717, 1.165) is 120 Å². The molecule has 4 saturated carbocycles. The van der Waals surface area contributed by atoms with E-state index in [1.54, 1.807) is 113 Å². The van der Waals surface area contributed by atoms with E-state index in [1.165, 1.54) is 0 Å². The van der Waals surface area contributed by atoms with Gasteiger partial charge in [0.15, 0.2) is 52.4 Å². The third kappa shape index (κ3) is 29.3. The van der Waals surface area contributed by atoms with Crippen LogP contribution in [0.4, 0.5) is 96.2 Å². The predicted octanol–water partition coefficient (Wildman–Crippen LogP) is 14.6. The van der Waals surface area contributed by atoms with Gasteiger partial charge in [0.25, 0.3) is 11.8 Å². The summed E-state index contributed by atoms with van der Waals surface area (Å²) in [4.78, 5) is 76.5. The molecule has 0 aromatic carbocycles. The van der Waals surface area contributed by atoms with E-state index in [9.17, 15) is 46.8 Å². The van der Waals surface area contributed by atoms with Crippen LogP contribution in [-0.2, 0) is 14.2 Å². The van der Waals surface area contributed by atoms with Gasteiger partial charge in [-0.1, -0.05) is 83.6 Å². The molecule has 648 valence electrons. The minimum absolute atomic E-state index is 0.0133. The largest absolute Gasteiger partial charge is 0.444 e. The van der Waals surface area contributed by atoms with E-state index in [-0.39, 0.29) is 128 Å². The number of nitrogens with one attached hydrogen (secondary N) is 10. The van der Waals surface area contributed by atoms with Crippen LogP contribution in [0.15, 0.2) is 66.6 Å². The molecule has 0 aliphatic heterocycles. The number of carbonyl (C=O) groups excluding carboxylic acids is 5. The number of amides is 5. The summed E-state index contributed by atoms with van der Waals surface area (Å²) in [6.45, 7) is 23.2. The number of alkyl carbamates (subject to hydrolysis) is 3. The zero-order chi connectivity index (χ0) is 87.9. The monoisotopic (exact) mass is 1690 g/mol. The maximum absolute atomic E-state index is 14.8. The van der Waals surface area contributed by atoms with Crippen molar-refractivity contribution in [2.24, 2.45) is 17.2 Å². The lowest BCUT2D eigenvalue weighted by Crippen LogP contribution is -2.50. The van der Waals surface area contributed by atoms with Gasteiger partial charge in [0.2, 0.25) is 23.5 Å². The third-order valence-corrected chi connectivity index (χ3v) is 18.7. The van der Waals surface area contributed by atoms with Gasteiger partial charge in [0.1, 0.15) is 45.7 Å². The van der Waals surface area contributed by atoms with E-state index >= 15 is 0 Å². The molecule has 0 radical (unpaired) electrons.